The number of rotatable bonds is 2. The minimum atomic E-state index is -4.39. The first-order chi connectivity index (χ1) is 10.5. The molecule has 22 heavy (non-hydrogen) atoms. The Hall–Kier alpha value is -2.49. The summed E-state index contributed by atoms with van der Waals surface area (Å²) < 4.78 is 41.8. The molecule has 4 heteroatoms. The topological polar surface area (TPSA) is 4.93 Å². The van der Waals surface area contributed by atoms with E-state index in [4.69, 9.17) is 0 Å². The molecule has 0 atom stereocenters. The molecule has 0 radical (unpaired) electrons. The van der Waals surface area contributed by atoms with Crippen LogP contribution in [-0.4, -0.2) is 4.57 Å². The number of benzene rings is 2. The van der Waals surface area contributed by atoms with E-state index in [-0.39, 0.29) is 5.56 Å². The lowest BCUT2D eigenvalue weighted by Crippen LogP contribution is -2.05. The van der Waals surface area contributed by atoms with E-state index in [0.29, 0.717) is 11.3 Å². The average Bonchev–Trinajstić information content (AvgIpc) is 2.87. The van der Waals surface area contributed by atoms with E-state index in [9.17, 15) is 13.2 Å². The number of alkyl halides is 3. The maximum absolute atomic E-state index is 13.4. The van der Waals surface area contributed by atoms with Crippen molar-refractivity contribution < 1.29 is 13.2 Å². The Labute approximate surface area is 126 Å². The van der Waals surface area contributed by atoms with Crippen molar-refractivity contribution in [2.75, 3.05) is 0 Å². The highest BCUT2D eigenvalue weighted by Gasteiger charge is 2.37. The maximum Gasteiger partial charge on any atom is 0.418 e. The van der Waals surface area contributed by atoms with Crippen LogP contribution < -0.4 is 0 Å². The second kappa shape index (κ2) is 5.37. The van der Waals surface area contributed by atoms with Gasteiger partial charge in [0.2, 0.25) is 0 Å². The van der Waals surface area contributed by atoms with Crippen molar-refractivity contribution in [1.82, 2.24) is 4.57 Å². The predicted molar refractivity (Wildman–Crippen MR) is 81.3 cm³/mol. The fourth-order valence-corrected chi connectivity index (χ4v) is 2.68. The largest absolute Gasteiger partial charge is 0.418 e. The van der Waals surface area contributed by atoms with Gasteiger partial charge in [0, 0.05) is 18.8 Å². The summed E-state index contributed by atoms with van der Waals surface area (Å²) in [5.41, 5.74) is 1.51. The average molecular weight is 301 g/mol. The second-order valence-electron chi connectivity index (χ2n) is 5.11. The molecule has 0 saturated heterocycles. The van der Waals surface area contributed by atoms with Crippen molar-refractivity contribution in [1.29, 1.82) is 0 Å². The summed E-state index contributed by atoms with van der Waals surface area (Å²) in [5.74, 6) is 0. The first-order valence-corrected chi connectivity index (χ1v) is 6.86. The Balaban J connectivity index is 2.33. The molecule has 0 amide bonds. The van der Waals surface area contributed by atoms with E-state index in [1.165, 1.54) is 0 Å². The lowest BCUT2D eigenvalue weighted by Gasteiger charge is -2.11. The van der Waals surface area contributed by atoms with Crippen LogP contribution in [0.1, 0.15) is 5.56 Å². The number of aryl methyl sites for hydroxylation is 1. The summed E-state index contributed by atoms with van der Waals surface area (Å²) in [7, 11) is 1.64. The van der Waals surface area contributed by atoms with Gasteiger partial charge in [-0.3, -0.25) is 0 Å². The maximum atomic E-state index is 13.4. The van der Waals surface area contributed by atoms with Gasteiger partial charge in [-0.25, -0.2) is 0 Å². The summed E-state index contributed by atoms with van der Waals surface area (Å²) in [6.45, 7) is 0. The second-order valence-corrected chi connectivity index (χ2v) is 5.11. The Morgan fingerprint density at radius 2 is 1.27 bits per heavy atom. The number of aromatic nitrogens is 1. The van der Waals surface area contributed by atoms with Gasteiger partial charge in [-0.2, -0.15) is 13.2 Å². The molecule has 1 heterocycles. The molecule has 0 spiro atoms. The van der Waals surface area contributed by atoms with Gasteiger partial charge in [0.1, 0.15) is 0 Å². The first-order valence-electron chi connectivity index (χ1n) is 6.86. The normalized spacial score (nSPS) is 11.6. The van der Waals surface area contributed by atoms with Crippen LogP contribution in [0.15, 0.2) is 66.9 Å². The van der Waals surface area contributed by atoms with Crippen molar-refractivity contribution in [3.8, 4) is 22.4 Å². The molecule has 0 aliphatic rings. The summed E-state index contributed by atoms with van der Waals surface area (Å²) in [6.07, 6.45) is -3.24. The molecule has 2 aromatic carbocycles. The zero-order valence-corrected chi connectivity index (χ0v) is 11.9. The van der Waals surface area contributed by atoms with Crippen molar-refractivity contribution >= 4 is 0 Å². The summed E-state index contributed by atoms with van der Waals surface area (Å²) in [4.78, 5) is 0. The zero-order valence-electron chi connectivity index (χ0n) is 11.9. The molecular weight excluding hydrogens is 287 g/mol. The number of hydrogen-bond acceptors (Lipinski definition) is 0. The molecule has 0 aliphatic carbocycles. The van der Waals surface area contributed by atoms with E-state index in [1.807, 2.05) is 30.3 Å². The van der Waals surface area contributed by atoms with E-state index in [1.54, 1.807) is 41.9 Å². The summed E-state index contributed by atoms with van der Waals surface area (Å²) in [5, 5.41) is 0. The van der Waals surface area contributed by atoms with Gasteiger partial charge in [-0.05, 0) is 11.1 Å². The molecule has 3 aromatic rings. The fraction of sp³-hybridized carbons (Fsp3) is 0.111. The standard InChI is InChI=1S/C18H14F3N/c1-22-12-15(18(19,20)21)16(13-8-4-2-5-9-13)17(22)14-10-6-3-7-11-14/h2-12H,1H3. The number of nitrogens with zero attached hydrogens (tertiary/aromatic N) is 1. The van der Waals surface area contributed by atoms with Crippen LogP contribution >= 0.6 is 0 Å². The SMILES string of the molecule is Cn1cc(C(F)(F)F)c(-c2ccccc2)c1-c1ccccc1. The smallest absolute Gasteiger partial charge is 0.349 e. The van der Waals surface area contributed by atoms with E-state index in [0.717, 1.165) is 11.8 Å². The van der Waals surface area contributed by atoms with Gasteiger partial charge < -0.3 is 4.57 Å². The Morgan fingerprint density at radius 1 is 0.773 bits per heavy atom. The lowest BCUT2D eigenvalue weighted by molar-refractivity contribution is -0.137. The predicted octanol–water partition coefficient (Wildman–Crippen LogP) is 5.38. The highest BCUT2D eigenvalue weighted by atomic mass is 19.4. The highest BCUT2D eigenvalue weighted by Crippen LogP contribution is 2.43. The van der Waals surface area contributed by atoms with Gasteiger partial charge in [-0.1, -0.05) is 60.7 Å². The molecule has 0 saturated carbocycles. The van der Waals surface area contributed by atoms with E-state index < -0.39 is 11.7 Å². The van der Waals surface area contributed by atoms with Gasteiger partial charge in [0.25, 0.3) is 0 Å². The van der Waals surface area contributed by atoms with Crippen LogP contribution in [0.3, 0.4) is 0 Å². The van der Waals surface area contributed by atoms with Crippen LogP contribution in [0.5, 0.6) is 0 Å². The quantitative estimate of drug-likeness (QED) is 0.599. The molecule has 112 valence electrons. The van der Waals surface area contributed by atoms with Gasteiger partial charge in [0.05, 0.1) is 11.3 Å². The van der Waals surface area contributed by atoms with Crippen molar-refractivity contribution in [2.45, 2.75) is 6.18 Å². The van der Waals surface area contributed by atoms with Crippen LogP contribution in [0.25, 0.3) is 22.4 Å². The molecule has 1 nitrogen and oxygen atoms in total. The molecule has 1 aromatic heterocycles. The highest BCUT2D eigenvalue weighted by molar-refractivity contribution is 5.84. The Bertz CT molecular complexity index is 771. The Kier molecular flexibility index (Phi) is 3.53. The molecule has 0 unspecified atom stereocenters. The summed E-state index contributed by atoms with van der Waals surface area (Å²) >= 11 is 0. The number of hydrogen-bond donors (Lipinski definition) is 0. The van der Waals surface area contributed by atoms with E-state index >= 15 is 0 Å². The fourth-order valence-electron chi connectivity index (χ4n) is 2.68. The van der Waals surface area contributed by atoms with Gasteiger partial charge >= 0.3 is 6.18 Å². The molecule has 0 aliphatic heterocycles. The van der Waals surface area contributed by atoms with E-state index in [2.05, 4.69) is 0 Å². The monoisotopic (exact) mass is 301 g/mol. The zero-order chi connectivity index (χ0) is 15.7. The Morgan fingerprint density at radius 3 is 1.77 bits per heavy atom. The van der Waals surface area contributed by atoms with Crippen LogP contribution in [-0.2, 0) is 13.2 Å². The van der Waals surface area contributed by atoms with Crippen LogP contribution in [0.2, 0.25) is 0 Å². The van der Waals surface area contributed by atoms with Gasteiger partial charge in [0.15, 0.2) is 0 Å². The van der Waals surface area contributed by atoms with Crippen molar-refractivity contribution in [3.63, 3.8) is 0 Å². The number of halogens is 3. The van der Waals surface area contributed by atoms with Crippen LogP contribution in [0.4, 0.5) is 13.2 Å². The first kappa shape index (κ1) is 14.4. The third kappa shape index (κ3) is 2.52. The van der Waals surface area contributed by atoms with Gasteiger partial charge in [-0.15, -0.1) is 0 Å². The van der Waals surface area contributed by atoms with Crippen molar-refractivity contribution in [3.05, 3.63) is 72.4 Å². The molecular formula is C18H14F3N. The van der Waals surface area contributed by atoms with Crippen molar-refractivity contribution in [2.24, 2.45) is 7.05 Å². The lowest BCUT2D eigenvalue weighted by atomic mass is 9.97. The van der Waals surface area contributed by atoms with Crippen LogP contribution in [0, 0.1) is 0 Å². The summed E-state index contributed by atoms with van der Waals surface area (Å²) in [6, 6.07) is 17.8. The minimum absolute atomic E-state index is 0.224. The molecule has 0 bridgehead atoms. The third-order valence-corrected chi connectivity index (χ3v) is 3.60. The molecule has 0 fully saturated rings. The molecule has 0 N–H and O–H groups in total. The molecule has 3 rings (SSSR count). The minimum Gasteiger partial charge on any atom is -0.349 e. The third-order valence-electron chi connectivity index (χ3n) is 3.60.